The van der Waals surface area contributed by atoms with Gasteiger partial charge in [0.2, 0.25) is 0 Å². The van der Waals surface area contributed by atoms with Crippen molar-refractivity contribution < 1.29 is 0 Å². The summed E-state index contributed by atoms with van der Waals surface area (Å²) in [6, 6.07) is 43.5. The van der Waals surface area contributed by atoms with Gasteiger partial charge in [-0.15, -0.1) is 0 Å². The monoisotopic (exact) mass is 676 g/mol. The first-order chi connectivity index (χ1) is 19.6. The number of allylic oxidation sites excluding steroid dienone is 1. The Morgan fingerprint density at radius 1 is 0.537 bits per heavy atom. The maximum absolute atomic E-state index is 2.54. The predicted molar refractivity (Wildman–Crippen MR) is 192 cm³/mol. The summed E-state index contributed by atoms with van der Waals surface area (Å²) in [5.41, 5.74) is 7.90. The van der Waals surface area contributed by atoms with Gasteiger partial charge >= 0.3 is 112 Å². The molecule has 0 nitrogen and oxygen atoms in total. The molecule has 0 fully saturated rings. The summed E-state index contributed by atoms with van der Waals surface area (Å²) < 4.78 is 4.57. The molecule has 0 unspecified atom stereocenters. The Kier molecular flexibility index (Phi) is 13.2. The molecular weight excluding hydrogens is 623 g/mol. The summed E-state index contributed by atoms with van der Waals surface area (Å²) >= 11 is -0.817. The minimum atomic E-state index is -1.22. The minimum absolute atomic E-state index is 0.817. The Hall–Kier alpha value is -2.31. The van der Waals surface area contributed by atoms with E-state index in [1.165, 1.54) is 26.3 Å². The fraction of sp³-hybridized carbons (Fsp3) is 0.316. The van der Waals surface area contributed by atoms with E-state index in [1.54, 1.807) is 8.94 Å². The minimum Gasteiger partial charge on any atom is -0.195 e. The van der Waals surface area contributed by atoms with E-state index >= 15 is 0 Å². The van der Waals surface area contributed by atoms with Crippen LogP contribution in [0.1, 0.15) is 27.7 Å². The summed E-state index contributed by atoms with van der Waals surface area (Å²) in [6.45, 7) is 16.8. The fourth-order valence-electron chi connectivity index (χ4n) is 5.81. The van der Waals surface area contributed by atoms with E-state index < -0.39 is 33.8 Å². The molecule has 216 valence electrons. The Morgan fingerprint density at radius 2 is 0.829 bits per heavy atom. The molecule has 0 aromatic heterocycles. The number of hydrogen-bond donors (Lipinski definition) is 0. The van der Waals surface area contributed by atoms with Crippen molar-refractivity contribution in [1.82, 2.24) is 0 Å². The van der Waals surface area contributed by atoms with Crippen molar-refractivity contribution in [1.29, 1.82) is 0 Å². The molecule has 4 aromatic rings. The van der Waals surface area contributed by atoms with Crippen LogP contribution in [-0.2, 0) is 0 Å². The molecular formula is C38H51BSiTe. The van der Waals surface area contributed by atoms with Crippen molar-refractivity contribution >= 4 is 55.6 Å². The van der Waals surface area contributed by atoms with Gasteiger partial charge in [-0.3, -0.25) is 0 Å². The number of rotatable bonds is 11. The number of benzene rings is 4. The summed E-state index contributed by atoms with van der Waals surface area (Å²) in [4.78, 5) is 0. The Bertz CT molecular complexity index is 1110. The summed E-state index contributed by atoms with van der Waals surface area (Å²) in [5.74, 6) is 1.83. The predicted octanol–water partition coefficient (Wildman–Crippen LogP) is 8.29. The van der Waals surface area contributed by atoms with Crippen molar-refractivity contribution in [2.45, 2.75) is 60.7 Å². The van der Waals surface area contributed by atoms with Crippen molar-refractivity contribution in [3.63, 3.8) is 0 Å². The average Bonchev–Trinajstić information content (AvgIpc) is 2.95. The smallest absolute Gasteiger partial charge is 0.108 e. The van der Waals surface area contributed by atoms with Gasteiger partial charge in [-0.1, -0.05) is 121 Å². The van der Waals surface area contributed by atoms with Crippen molar-refractivity contribution in [3.8, 4) is 0 Å². The third-order valence-electron chi connectivity index (χ3n) is 7.29. The van der Waals surface area contributed by atoms with Gasteiger partial charge in [-0.25, -0.2) is 0 Å². The van der Waals surface area contributed by atoms with Crippen LogP contribution in [0.25, 0.3) is 0 Å². The molecule has 0 bridgehead atoms. The molecule has 0 spiro atoms. The Morgan fingerprint density at radius 3 is 1.07 bits per heavy atom. The van der Waals surface area contributed by atoms with Gasteiger partial charge in [-0.2, -0.15) is 21.9 Å². The molecule has 0 radical (unpaired) electrons. The molecule has 4 rings (SSSR count). The van der Waals surface area contributed by atoms with Gasteiger partial charge in [-0.05, 0) is 0 Å². The van der Waals surface area contributed by atoms with Crippen molar-refractivity contribution in [2.24, 2.45) is 11.8 Å². The van der Waals surface area contributed by atoms with Gasteiger partial charge in [0.25, 0.3) is 0 Å². The van der Waals surface area contributed by atoms with Crippen LogP contribution in [0, 0.1) is 11.8 Å². The van der Waals surface area contributed by atoms with Crippen molar-refractivity contribution in [3.05, 3.63) is 133 Å². The van der Waals surface area contributed by atoms with Gasteiger partial charge in [0.05, 0.1) is 0 Å². The molecule has 0 amide bonds. The van der Waals surface area contributed by atoms with Gasteiger partial charge in [0, 0.05) is 0 Å². The molecule has 0 N–H and O–H groups in total. The maximum Gasteiger partial charge on any atom is 0.108 e. The first kappa shape index (κ1) is 33.2. The molecule has 3 heteroatoms. The zero-order valence-corrected chi connectivity index (χ0v) is 29.8. The molecule has 0 saturated heterocycles. The second-order valence-corrected chi connectivity index (χ2v) is 24.6. The Labute approximate surface area is 259 Å². The van der Waals surface area contributed by atoms with E-state index in [-0.39, 0.29) is 0 Å². The van der Waals surface area contributed by atoms with E-state index in [1.807, 2.05) is 0 Å². The maximum atomic E-state index is 2.54. The molecule has 0 aliphatic rings. The zero-order chi connectivity index (χ0) is 29.7. The standard InChI is InChI=1S/C24H20B.C14H31SiTe/c1-5-13-21(14-6-1)25(22-15-7-2-8-16-22,23-17-9-3-10-18-23)24-19-11-4-12-20-24;1-13(2)11-16(12-14(3)4)10-8-9-15(5,6)7/h1-20H;8-9,13-14H,10-12H2,1-7H3/q-1;+1/b;9-8+. The molecule has 0 saturated carbocycles. The molecule has 0 heterocycles. The third-order valence-corrected chi connectivity index (χ3v) is 16.9. The van der Waals surface area contributed by atoms with Crippen LogP contribution in [-0.4, -0.2) is 33.8 Å². The van der Waals surface area contributed by atoms with Crippen LogP contribution in [0.2, 0.25) is 33.0 Å². The summed E-state index contributed by atoms with van der Waals surface area (Å²) in [6.07, 6.45) is 1.32. The largest absolute Gasteiger partial charge is 0.195 e. The topological polar surface area (TPSA) is 0 Å². The molecule has 0 aliphatic carbocycles. The van der Waals surface area contributed by atoms with E-state index in [4.69, 9.17) is 0 Å². The van der Waals surface area contributed by atoms with E-state index in [9.17, 15) is 0 Å². The zero-order valence-electron chi connectivity index (χ0n) is 26.5. The molecule has 41 heavy (non-hydrogen) atoms. The van der Waals surface area contributed by atoms with Gasteiger partial charge in [0.15, 0.2) is 0 Å². The second-order valence-electron chi connectivity index (χ2n) is 13.2. The van der Waals surface area contributed by atoms with E-state index in [2.05, 4.69) is 180 Å². The van der Waals surface area contributed by atoms with Crippen LogP contribution in [0.3, 0.4) is 0 Å². The molecule has 4 aromatic carbocycles. The normalized spacial score (nSPS) is 12.1. The van der Waals surface area contributed by atoms with Crippen molar-refractivity contribution in [2.75, 3.05) is 0 Å². The first-order valence-electron chi connectivity index (χ1n) is 15.3. The van der Waals surface area contributed by atoms with Crippen LogP contribution in [0.5, 0.6) is 0 Å². The summed E-state index contributed by atoms with van der Waals surface area (Å²) in [7, 11) is -0.957. The Balaban J connectivity index is 0.000000253. The quantitative estimate of drug-likeness (QED) is 0.141. The summed E-state index contributed by atoms with van der Waals surface area (Å²) in [5, 5.41) is 0. The molecule has 0 atom stereocenters. The van der Waals surface area contributed by atoms with Gasteiger partial charge < -0.3 is 0 Å². The van der Waals surface area contributed by atoms with Crippen LogP contribution in [0.4, 0.5) is 0 Å². The van der Waals surface area contributed by atoms with E-state index in [0.29, 0.717) is 0 Å². The van der Waals surface area contributed by atoms with Crippen LogP contribution in [0.15, 0.2) is 133 Å². The van der Waals surface area contributed by atoms with Crippen LogP contribution < -0.4 is 21.9 Å². The third kappa shape index (κ3) is 10.2. The second kappa shape index (κ2) is 16.4. The van der Waals surface area contributed by atoms with Crippen LogP contribution >= 0.6 is 0 Å². The molecule has 0 aliphatic heterocycles. The fourth-order valence-corrected chi connectivity index (χ4v) is 14.8. The first-order valence-corrected chi connectivity index (χ1v) is 23.8. The SMILES string of the molecule is CC(C)C[Te+](C/C=C/[Si](C)(C)C)CC(C)C.c1ccc([B-](c2ccccc2)(c2ccccc2)c2ccccc2)cc1. The number of hydrogen-bond acceptors (Lipinski definition) is 0. The van der Waals surface area contributed by atoms with E-state index in [0.717, 1.165) is 11.8 Å². The average molecular weight is 674 g/mol. The van der Waals surface area contributed by atoms with Gasteiger partial charge in [0.1, 0.15) is 6.15 Å².